The highest BCUT2D eigenvalue weighted by Crippen LogP contribution is 2.18. The van der Waals surface area contributed by atoms with E-state index in [0.29, 0.717) is 11.4 Å². The Balaban J connectivity index is 1.66. The molecular weight excluding hydrogens is 378 g/mol. The summed E-state index contributed by atoms with van der Waals surface area (Å²) in [6.45, 7) is 1.91. The Morgan fingerprint density at radius 3 is 2.54 bits per heavy atom. The number of aromatic amines is 1. The Labute approximate surface area is 164 Å². The van der Waals surface area contributed by atoms with Crippen molar-refractivity contribution in [2.45, 2.75) is 24.4 Å². The first-order valence-corrected chi connectivity index (χ1v) is 10.2. The van der Waals surface area contributed by atoms with Crippen LogP contribution in [0.25, 0.3) is 11.0 Å². The van der Waals surface area contributed by atoms with E-state index in [4.69, 9.17) is 0 Å². The lowest BCUT2D eigenvalue weighted by atomic mass is 10.2. The number of hydrogen-bond acceptors (Lipinski definition) is 4. The third-order valence-corrected chi connectivity index (χ3v) is 6.25. The molecule has 0 radical (unpaired) electrons. The van der Waals surface area contributed by atoms with Crippen LogP contribution in [0, 0.1) is 0 Å². The Bertz CT molecular complexity index is 1060. The molecule has 2 aromatic carbocycles. The minimum atomic E-state index is -3.59. The Morgan fingerprint density at radius 2 is 1.82 bits per heavy atom. The zero-order valence-corrected chi connectivity index (χ0v) is 16.7. The number of amides is 2. The number of H-pyrrole nitrogens is 1. The predicted octanol–water partition coefficient (Wildman–Crippen LogP) is 2.37. The van der Waals surface area contributed by atoms with Gasteiger partial charge in [-0.25, -0.2) is 22.5 Å². The maximum absolute atomic E-state index is 12.4. The second kappa shape index (κ2) is 7.99. The van der Waals surface area contributed by atoms with Crippen molar-refractivity contribution in [1.29, 1.82) is 0 Å². The fourth-order valence-corrected chi connectivity index (χ4v) is 3.88. The van der Waals surface area contributed by atoms with E-state index in [0.717, 1.165) is 15.3 Å². The van der Waals surface area contributed by atoms with E-state index in [1.165, 1.54) is 20.2 Å². The molecule has 3 aromatic rings. The monoisotopic (exact) mass is 401 g/mol. The molecule has 0 fully saturated rings. The molecule has 3 N–H and O–H groups in total. The van der Waals surface area contributed by atoms with Gasteiger partial charge in [0.2, 0.25) is 10.0 Å². The number of nitrogens with zero attached hydrogens (tertiary/aromatic N) is 2. The lowest BCUT2D eigenvalue weighted by molar-refractivity contribution is 0.237. The number of aromatic nitrogens is 2. The molecule has 0 saturated carbocycles. The van der Waals surface area contributed by atoms with Crippen molar-refractivity contribution >= 4 is 27.1 Å². The number of para-hydroxylation sites is 2. The topological polar surface area (TPSA) is 107 Å². The minimum Gasteiger partial charge on any atom is -0.340 e. The average Bonchev–Trinajstić information content (AvgIpc) is 3.11. The molecule has 0 saturated heterocycles. The van der Waals surface area contributed by atoms with Gasteiger partial charge in [-0.2, -0.15) is 0 Å². The van der Waals surface area contributed by atoms with Crippen LogP contribution < -0.4 is 10.6 Å². The van der Waals surface area contributed by atoms with Gasteiger partial charge in [-0.05, 0) is 30.7 Å². The summed E-state index contributed by atoms with van der Waals surface area (Å²) >= 11 is 0. The molecule has 9 heteroatoms. The lowest BCUT2D eigenvalue weighted by Gasteiger charge is -2.16. The van der Waals surface area contributed by atoms with Crippen LogP contribution in [0.2, 0.25) is 0 Å². The molecule has 0 aliphatic rings. The van der Waals surface area contributed by atoms with Crippen molar-refractivity contribution < 1.29 is 13.2 Å². The molecule has 3 rings (SSSR count). The summed E-state index contributed by atoms with van der Waals surface area (Å²) in [6, 6.07) is 13.5. The van der Waals surface area contributed by atoms with Gasteiger partial charge < -0.3 is 15.6 Å². The van der Waals surface area contributed by atoms with Gasteiger partial charge in [0.1, 0.15) is 5.82 Å². The fourth-order valence-electron chi connectivity index (χ4n) is 2.77. The van der Waals surface area contributed by atoms with Gasteiger partial charge in [0.05, 0.1) is 22.0 Å². The molecule has 1 unspecified atom stereocenters. The summed E-state index contributed by atoms with van der Waals surface area (Å²) in [5.41, 5.74) is 2.24. The van der Waals surface area contributed by atoms with Gasteiger partial charge in [-0.15, -0.1) is 0 Å². The first-order chi connectivity index (χ1) is 13.3. The summed E-state index contributed by atoms with van der Waals surface area (Å²) in [5.74, 6) is 0.645. The van der Waals surface area contributed by atoms with Crippen molar-refractivity contribution in [3.63, 3.8) is 0 Å². The van der Waals surface area contributed by atoms with Gasteiger partial charge >= 0.3 is 6.03 Å². The van der Waals surface area contributed by atoms with Crippen LogP contribution in [0.5, 0.6) is 0 Å². The van der Waals surface area contributed by atoms with Crippen molar-refractivity contribution in [3.05, 3.63) is 59.9 Å². The maximum Gasteiger partial charge on any atom is 0.315 e. The quantitative estimate of drug-likeness (QED) is 0.589. The molecule has 0 spiro atoms. The van der Waals surface area contributed by atoms with E-state index in [1.807, 2.05) is 31.2 Å². The molecule has 1 aromatic heterocycles. The number of rotatable bonds is 6. The number of imidazole rings is 1. The van der Waals surface area contributed by atoms with Gasteiger partial charge in [0, 0.05) is 20.6 Å². The van der Waals surface area contributed by atoms with Crippen molar-refractivity contribution in [3.8, 4) is 0 Å². The zero-order chi connectivity index (χ0) is 20.3. The van der Waals surface area contributed by atoms with Gasteiger partial charge in [-0.1, -0.05) is 30.3 Å². The molecule has 0 bridgehead atoms. The van der Waals surface area contributed by atoms with Crippen LogP contribution in [0.4, 0.5) is 4.79 Å². The molecule has 28 heavy (non-hydrogen) atoms. The summed E-state index contributed by atoms with van der Waals surface area (Å²) < 4.78 is 26.0. The minimum absolute atomic E-state index is 0.0852. The predicted molar refractivity (Wildman–Crippen MR) is 107 cm³/mol. The fraction of sp³-hybridized carbons (Fsp3) is 0.263. The van der Waals surface area contributed by atoms with E-state index in [2.05, 4.69) is 20.6 Å². The SMILES string of the molecule is CC(NC(=O)NCc1ccccc1S(=O)(=O)N(C)C)c1nc2ccccc2[nH]1. The molecule has 148 valence electrons. The van der Waals surface area contributed by atoms with Crippen LogP contribution in [-0.4, -0.2) is 42.8 Å². The second-order valence-electron chi connectivity index (χ2n) is 6.58. The first kappa shape index (κ1) is 19.8. The number of nitrogens with one attached hydrogen (secondary N) is 3. The van der Waals surface area contributed by atoms with Crippen LogP contribution >= 0.6 is 0 Å². The van der Waals surface area contributed by atoms with Crippen LogP contribution in [-0.2, 0) is 16.6 Å². The number of sulfonamides is 1. The van der Waals surface area contributed by atoms with Gasteiger partial charge in [0.25, 0.3) is 0 Å². The lowest BCUT2D eigenvalue weighted by Crippen LogP contribution is -2.37. The summed E-state index contributed by atoms with van der Waals surface area (Å²) in [4.78, 5) is 20.1. The number of hydrogen-bond donors (Lipinski definition) is 3. The highest BCUT2D eigenvalue weighted by atomic mass is 32.2. The molecule has 2 amide bonds. The van der Waals surface area contributed by atoms with Crippen LogP contribution in [0.15, 0.2) is 53.4 Å². The molecule has 1 heterocycles. The molecule has 1 atom stereocenters. The smallest absolute Gasteiger partial charge is 0.315 e. The Hall–Kier alpha value is -2.91. The van der Waals surface area contributed by atoms with Crippen molar-refractivity contribution in [2.75, 3.05) is 14.1 Å². The summed E-state index contributed by atoms with van der Waals surface area (Å²) in [5, 5.41) is 5.51. The van der Waals surface area contributed by atoms with Crippen LogP contribution in [0.3, 0.4) is 0 Å². The Morgan fingerprint density at radius 1 is 1.14 bits per heavy atom. The highest BCUT2D eigenvalue weighted by Gasteiger charge is 2.21. The van der Waals surface area contributed by atoms with E-state index in [9.17, 15) is 13.2 Å². The molecular formula is C19H23N5O3S. The van der Waals surface area contributed by atoms with Crippen LogP contribution in [0.1, 0.15) is 24.4 Å². The highest BCUT2D eigenvalue weighted by molar-refractivity contribution is 7.89. The third-order valence-electron chi connectivity index (χ3n) is 4.34. The molecule has 0 aliphatic carbocycles. The number of carbonyl (C=O) groups excluding carboxylic acids is 1. The zero-order valence-electron chi connectivity index (χ0n) is 15.9. The Kier molecular flexibility index (Phi) is 5.66. The summed E-state index contributed by atoms with van der Waals surface area (Å²) in [6.07, 6.45) is 0. The van der Waals surface area contributed by atoms with E-state index in [1.54, 1.807) is 18.2 Å². The van der Waals surface area contributed by atoms with E-state index < -0.39 is 16.1 Å². The average molecular weight is 401 g/mol. The van der Waals surface area contributed by atoms with Crippen molar-refractivity contribution in [2.24, 2.45) is 0 Å². The van der Waals surface area contributed by atoms with E-state index >= 15 is 0 Å². The largest absolute Gasteiger partial charge is 0.340 e. The third kappa shape index (κ3) is 4.15. The molecule has 8 nitrogen and oxygen atoms in total. The molecule has 0 aliphatic heterocycles. The van der Waals surface area contributed by atoms with Gasteiger partial charge in [-0.3, -0.25) is 0 Å². The summed E-state index contributed by atoms with van der Waals surface area (Å²) in [7, 11) is -0.643. The number of benzene rings is 2. The van der Waals surface area contributed by atoms with E-state index in [-0.39, 0.29) is 17.5 Å². The standard InChI is InChI=1S/C19H23N5O3S/c1-13(18-22-15-9-5-6-10-16(15)23-18)21-19(25)20-12-14-8-4-7-11-17(14)28(26,27)24(2)3/h4-11,13H,12H2,1-3H3,(H,22,23)(H2,20,21,25). The number of urea groups is 1. The number of carbonyl (C=O) groups is 1. The van der Waals surface area contributed by atoms with Crippen molar-refractivity contribution in [1.82, 2.24) is 24.9 Å². The maximum atomic E-state index is 12.4. The first-order valence-electron chi connectivity index (χ1n) is 8.78. The second-order valence-corrected chi connectivity index (χ2v) is 8.70. The van der Waals surface area contributed by atoms with Gasteiger partial charge in [0.15, 0.2) is 0 Å². The number of fused-ring (bicyclic) bond motifs is 1. The normalized spacial score (nSPS) is 12.9.